The Hall–Kier alpha value is -2.18. The van der Waals surface area contributed by atoms with Gasteiger partial charge in [0.2, 0.25) is 10.0 Å². The first kappa shape index (κ1) is 17.6. The molecule has 0 saturated carbocycles. The molecule has 1 amide bonds. The number of amides is 1. The van der Waals surface area contributed by atoms with Crippen molar-refractivity contribution in [3.8, 4) is 0 Å². The third-order valence-corrected chi connectivity index (χ3v) is 5.29. The Labute approximate surface area is 148 Å². The van der Waals surface area contributed by atoms with Crippen LogP contribution in [0.15, 0.2) is 36.4 Å². The Morgan fingerprint density at radius 2 is 1.84 bits per heavy atom. The third kappa shape index (κ3) is 4.08. The lowest BCUT2D eigenvalue weighted by atomic mass is 9.93. The molecule has 3 rings (SSSR count). The maximum Gasteiger partial charge on any atom is 0.254 e. The van der Waals surface area contributed by atoms with Crippen LogP contribution in [0.1, 0.15) is 38.2 Å². The molecule has 0 aliphatic carbocycles. The number of primary sulfonamides is 1. The molecule has 0 radical (unpaired) electrons. The highest BCUT2D eigenvalue weighted by molar-refractivity contribution is 7.88. The van der Waals surface area contributed by atoms with E-state index in [1.165, 1.54) is 22.3 Å². The summed E-state index contributed by atoms with van der Waals surface area (Å²) in [5, 5.41) is 5.05. The Morgan fingerprint density at radius 1 is 1.16 bits per heavy atom. The zero-order valence-electron chi connectivity index (χ0n) is 14.5. The van der Waals surface area contributed by atoms with Crippen molar-refractivity contribution in [3.63, 3.8) is 0 Å². The Balaban J connectivity index is 1.78. The SMILES string of the molecule is Cc1cc(C)c2c(c1)CN(C(=O)c1ccc(CS(N)(=O)=O)cc1)CC2. The van der Waals surface area contributed by atoms with Crippen molar-refractivity contribution in [3.05, 3.63) is 69.8 Å². The summed E-state index contributed by atoms with van der Waals surface area (Å²) in [5.41, 5.74) is 6.19. The predicted octanol–water partition coefficient (Wildman–Crippen LogP) is 2.29. The van der Waals surface area contributed by atoms with E-state index < -0.39 is 10.0 Å². The maximum atomic E-state index is 12.8. The van der Waals surface area contributed by atoms with Gasteiger partial charge in [0.05, 0.1) is 5.75 Å². The standard InChI is InChI=1S/C19H22N2O3S/c1-13-9-14(2)18-7-8-21(11-17(18)10-13)19(22)16-5-3-15(4-6-16)12-25(20,23)24/h3-6,9-10H,7-8,11-12H2,1-2H3,(H2,20,23,24). The Kier molecular flexibility index (Phi) is 4.67. The number of aryl methyl sites for hydroxylation is 2. The number of carbonyl (C=O) groups is 1. The molecule has 2 aromatic carbocycles. The summed E-state index contributed by atoms with van der Waals surface area (Å²) in [6.07, 6.45) is 0.858. The summed E-state index contributed by atoms with van der Waals surface area (Å²) in [5.74, 6) is -0.260. The molecular weight excluding hydrogens is 336 g/mol. The van der Waals surface area contributed by atoms with Gasteiger partial charge in [-0.3, -0.25) is 4.79 Å². The normalized spacial score (nSPS) is 14.3. The van der Waals surface area contributed by atoms with Crippen molar-refractivity contribution in [2.45, 2.75) is 32.6 Å². The second-order valence-electron chi connectivity index (χ2n) is 6.70. The molecule has 0 fully saturated rings. The molecule has 25 heavy (non-hydrogen) atoms. The Bertz CT molecular complexity index is 918. The molecule has 1 heterocycles. The van der Waals surface area contributed by atoms with E-state index in [2.05, 4.69) is 26.0 Å². The second kappa shape index (κ2) is 6.61. The monoisotopic (exact) mass is 358 g/mol. The smallest absolute Gasteiger partial charge is 0.254 e. The molecule has 0 unspecified atom stereocenters. The molecule has 2 aromatic rings. The highest BCUT2D eigenvalue weighted by Crippen LogP contribution is 2.25. The summed E-state index contributed by atoms with van der Waals surface area (Å²) < 4.78 is 22.3. The summed E-state index contributed by atoms with van der Waals surface area (Å²) in [7, 11) is -3.57. The van der Waals surface area contributed by atoms with E-state index in [-0.39, 0.29) is 11.7 Å². The van der Waals surface area contributed by atoms with Crippen LogP contribution in [-0.2, 0) is 28.7 Å². The number of sulfonamides is 1. The second-order valence-corrected chi connectivity index (χ2v) is 8.31. The highest BCUT2D eigenvalue weighted by atomic mass is 32.2. The van der Waals surface area contributed by atoms with Crippen molar-refractivity contribution >= 4 is 15.9 Å². The van der Waals surface area contributed by atoms with Gasteiger partial charge in [-0.1, -0.05) is 29.8 Å². The number of benzene rings is 2. The molecular formula is C19H22N2O3S. The minimum Gasteiger partial charge on any atom is -0.334 e. The largest absolute Gasteiger partial charge is 0.334 e. The first-order valence-electron chi connectivity index (χ1n) is 8.20. The van der Waals surface area contributed by atoms with E-state index in [4.69, 9.17) is 5.14 Å². The average Bonchev–Trinajstić information content (AvgIpc) is 2.52. The van der Waals surface area contributed by atoms with Gasteiger partial charge in [-0.25, -0.2) is 13.6 Å². The van der Waals surface area contributed by atoms with Crippen molar-refractivity contribution in [2.75, 3.05) is 6.54 Å². The van der Waals surface area contributed by atoms with Crippen LogP contribution in [0.2, 0.25) is 0 Å². The van der Waals surface area contributed by atoms with E-state index in [1.54, 1.807) is 24.3 Å². The number of nitrogens with two attached hydrogens (primary N) is 1. The molecule has 0 atom stereocenters. The topological polar surface area (TPSA) is 80.5 Å². The van der Waals surface area contributed by atoms with Gasteiger partial charge in [0.25, 0.3) is 5.91 Å². The van der Waals surface area contributed by atoms with E-state index in [0.717, 1.165) is 6.42 Å². The molecule has 0 saturated heterocycles. The summed E-state index contributed by atoms with van der Waals surface area (Å²) in [4.78, 5) is 14.6. The van der Waals surface area contributed by atoms with Gasteiger partial charge in [0, 0.05) is 18.7 Å². The number of nitrogens with zero attached hydrogens (tertiary/aromatic N) is 1. The van der Waals surface area contributed by atoms with Crippen LogP contribution in [0.25, 0.3) is 0 Å². The lowest BCUT2D eigenvalue weighted by Gasteiger charge is -2.30. The molecule has 5 nitrogen and oxygen atoms in total. The first-order valence-corrected chi connectivity index (χ1v) is 9.92. The number of hydrogen-bond donors (Lipinski definition) is 1. The van der Waals surface area contributed by atoms with Gasteiger partial charge in [0.1, 0.15) is 0 Å². The van der Waals surface area contributed by atoms with E-state index in [1.807, 2.05) is 4.90 Å². The molecule has 1 aliphatic heterocycles. The highest BCUT2D eigenvalue weighted by Gasteiger charge is 2.23. The quantitative estimate of drug-likeness (QED) is 0.914. The zero-order chi connectivity index (χ0) is 18.2. The first-order chi connectivity index (χ1) is 11.7. The number of hydrogen-bond acceptors (Lipinski definition) is 3. The van der Waals surface area contributed by atoms with Gasteiger partial charge >= 0.3 is 0 Å². The third-order valence-electron chi connectivity index (χ3n) is 4.56. The fourth-order valence-corrected chi connectivity index (χ4v) is 4.10. The number of rotatable bonds is 3. The number of carbonyl (C=O) groups excluding carboxylic acids is 1. The minimum atomic E-state index is -3.57. The molecule has 0 spiro atoms. The lowest BCUT2D eigenvalue weighted by molar-refractivity contribution is 0.0734. The van der Waals surface area contributed by atoms with Gasteiger partial charge in [-0.05, 0) is 54.7 Å². The van der Waals surface area contributed by atoms with Crippen molar-refractivity contribution in [1.29, 1.82) is 0 Å². The molecule has 1 aliphatic rings. The van der Waals surface area contributed by atoms with E-state index in [0.29, 0.717) is 24.2 Å². The van der Waals surface area contributed by atoms with Gasteiger partial charge in [-0.2, -0.15) is 0 Å². The van der Waals surface area contributed by atoms with Gasteiger partial charge < -0.3 is 4.90 Å². The fraction of sp³-hybridized carbons (Fsp3) is 0.316. The van der Waals surface area contributed by atoms with Crippen LogP contribution in [0.5, 0.6) is 0 Å². The van der Waals surface area contributed by atoms with Crippen LogP contribution in [0, 0.1) is 13.8 Å². The van der Waals surface area contributed by atoms with Gasteiger partial charge in [-0.15, -0.1) is 0 Å². The van der Waals surface area contributed by atoms with E-state index >= 15 is 0 Å². The van der Waals surface area contributed by atoms with Crippen LogP contribution >= 0.6 is 0 Å². The summed E-state index contributed by atoms with van der Waals surface area (Å²) >= 11 is 0. The maximum absolute atomic E-state index is 12.8. The molecule has 0 bridgehead atoms. The van der Waals surface area contributed by atoms with Crippen LogP contribution in [-0.4, -0.2) is 25.8 Å². The van der Waals surface area contributed by atoms with Crippen LogP contribution in [0.4, 0.5) is 0 Å². The van der Waals surface area contributed by atoms with Crippen molar-refractivity contribution in [1.82, 2.24) is 4.90 Å². The molecule has 2 N–H and O–H groups in total. The molecule has 0 aromatic heterocycles. The Morgan fingerprint density at radius 3 is 2.48 bits per heavy atom. The van der Waals surface area contributed by atoms with Crippen molar-refractivity contribution < 1.29 is 13.2 Å². The molecule has 6 heteroatoms. The predicted molar refractivity (Wildman–Crippen MR) is 97.6 cm³/mol. The fourth-order valence-electron chi connectivity index (χ4n) is 3.45. The summed E-state index contributed by atoms with van der Waals surface area (Å²) in [6.45, 7) is 5.48. The molecule has 132 valence electrons. The number of fused-ring (bicyclic) bond motifs is 1. The van der Waals surface area contributed by atoms with Crippen molar-refractivity contribution in [2.24, 2.45) is 5.14 Å². The minimum absolute atomic E-state index is 0.0352. The van der Waals surface area contributed by atoms with Crippen LogP contribution < -0.4 is 5.14 Å². The van der Waals surface area contributed by atoms with E-state index in [9.17, 15) is 13.2 Å². The van der Waals surface area contributed by atoms with Crippen LogP contribution in [0.3, 0.4) is 0 Å². The lowest BCUT2D eigenvalue weighted by Crippen LogP contribution is -2.36. The summed E-state index contributed by atoms with van der Waals surface area (Å²) in [6, 6.07) is 10.9. The average molecular weight is 358 g/mol. The zero-order valence-corrected chi connectivity index (χ0v) is 15.3. The van der Waals surface area contributed by atoms with Gasteiger partial charge in [0.15, 0.2) is 0 Å².